The summed E-state index contributed by atoms with van der Waals surface area (Å²) in [5, 5.41) is 5.69. The highest BCUT2D eigenvalue weighted by molar-refractivity contribution is 6.18. The molecule has 1 aliphatic rings. The average Bonchev–Trinajstić information content (AvgIpc) is 2.75. The molecule has 1 heterocycles. The number of nitrogens with one attached hydrogen (secondary N) is 2. The monoisotopic (exact) mass is 301 g/mol. The maximum atomic E-state index is 12.3. The third-order valence-corrected chi connectivity index (χ3v) is 4.01. The second-order valence-electron chi connectivity index (χ2n) is 6.39. The van der Waals surface area contributed by atoms with Crippen molar-refractivity contribution in [3.63, 3.8) is 0 Å². The van der Waals surface area contributed by atoms with E-state index in [1.54, 1.807) is 18.2 Å². The van der Waals surface area contributed by atoms with Crippen LogP contribution in [0.1, 0.15) is 50.5 Å². The summed E-state index contributed by atoms with van der Waals surface area (Å²) >= 11 is 0. The molecular weight excluding hydrogens is 278 g/mol. The van der Waals surface area contributed by atoms with Crippen molar-refractivity contribution in [3.8, 4) is 0 Å². The first kappa shape index (κ1) is 16.2. The second-order valence-corrected chi connectivity index (χ2v) is 6.39. The highest BCUT2D eigenvalue weighted by Gasteiger charge is 2.42. The number of carbonyl (C=O) groups excluding carboxylic acids is 2. The maximum Gasteiger partial charge on any atom is 0.253 e. The molecule has 5 nitrogen and oxygen atoms in total. The van der Waals surface area contributed by atoms with Gasteiger partial charge in [0.25, 0.3) is 11.8 Å². The molecular formula is C17H23N3O2. The minimum atomic E-state index is -0.795. The van der Waals surface area contributed by atoms with Crippen LogP contribution in [0.2, 0.25) is 0 Å². The van der Waals surface area contributed by atoms with Crippen molar-refractivity contribution in [1.82, 2.24) is 10.6 Å². The summed E-state index contributed by atoms with van der Waals surface area (Å²) in [5.74, 6) is 0.245. The Morgan fingerprint density at radius 1 is 1.23 bits per heavy atom. The van der Waals surface area contributed by atoms with E-state index in [1.165, 1.54) is 0 Å². The van der Waals surface area contributed by atoms with E-state index in [0.717, 1.165) is 0 Å². The molecule has 0 aliphatic carbocycles. The zero-order valence-electron chi connectivity index (χ0n) is 13.7. The van der Waals surface area contributed by atoms with Crippen molar-refractivity contribution >= 4 is 17.6 Å². The van der Waals surface area contributed by atoms with Crippen LogP contribution in [-0.2, 0) is 4.79 Å². The molecule has 1 unspecified atom stereocenters. The Labute approximate surface area is 131 Å². The number of amides is 2. The van der Waals surface area contributed by atoms with Gasteiger partial charge in [-0.25, -0.2) is 0 Å². The third-order valence-electron chi connectivity index (χ3n) is 4.01. The zero-order valence-corrected chi connectivity index (χ0v) is 13.7. The number of hydrogen-bond donors (Lipinski definition) is 2. The van der Waals surface area contributed by atoms with Crippen LogP contribution in [0.3, 0.4) is 0 Å². The van der Waals surface area contributed by atoms with Crippen molar-refractivity contribution in [3.05, 3.63) is 35.4 Å². The Balaban J connectivity index is 2.43. The predicted molar refractivity (Wildman–Crippen MR) is 87.0 cm³/mol. The fraction of sp³-hybridized carbons (Fsp3) is 0.471. The highest BCUT2D eigenvalue weighted by Crippen LogP contribution is 2.27. The van der Waals surface area contributed by atoms with Crippen LogP contribution in [0.4, 0.5) is 0 Å². The van der Waals surface area contributed by atoms with Gasteiger partial charge in [0.2, 0.25) is 0 Å². The van der Waals surface area contributed by atoms with Gasteiger partial charge in [-0.1, -0.05) is 32.0 Å². The number of aliphatic imine (C=N–C) groups is 1. The quantitative estimate of drug-likeness (QED) is 0.894. The standard InChI is InChI=1S/C17H23N3O2/c1-10(2)17(5)16(22)19-14(20-17)12-8-6-7-9-13(12)15(21)18-11(3)4/h6-11H,1-5H3,(H,18,21)(H,19,20,22). The first-order valence-corrected chi connectivity index (χ1v) is 7.57. The van der Waals surface area contributed by atoms with Crippen molar-refractivity contribution in [1.29, 1.82) is 0 Å². The van der Waals surface area contributed by atoms with Gasteiger partial charge >= 0.3 is 0 Å². The van der Waals surface area contributed by atoms with Crippen LogP contribution in [0, 0.1) is 5.92 Å². The fourth-order valence-electron chi connectivity index (χ4n) is 2.29. The van der Waals surface area contributed by atoms with Crippen molar-refractivity contribution in [2.24, 2.45) is 10.9 Å². The second kappa shape index (κ2) is 5.91. The van der Waals surface area contributed by atoms with E-state index in [1.807, 2.05) is 40.7 Å². The number of hydrogen-bond acceptors (Lipinski definition) is 3. The molecule has 0 fully saturated rings. The van der Waals surface area contributed by atoms with Crippen molar-refractivity contribution in [2.45, 2.75) is 46.2 Å². The summed E-state index contributed by atoms with van der Waals surface area (Å²) in [5.41, 5.74) is 0.374. The van der Waals surface area contributed by atoms with Crippen molar-refractivity contribution < 1.29 is 9.59 Å². The molecule has 2 amide bonds. The van der Waals surface area contributed by atoms with Gasteiger partial charge in [0.1, 0.15) is 11.4 Å². The summed E-state index contributed by atoms with van der Waals surface area (Å²) in [4.78, 5) is 29.2. The lowest BCUT2D eigenvalue weighted by Gasteiger charge is -2.21. The van der Waals surface area contributed by atoms with Crippen molar-refractivity contribution in [2.75, 3.05) is 0 Å². The van der Waals surface area contributed by atoms with E-state index in [9.17, 15) is 9.59 Å². The van der Waals surface area contributed by atoms with Gasteiger partial charge in [0.05, 0.1) is 5.56 Å². The molecule has 0 spiro atoms. The lowest BCUT2D eigenvalue weighted by molar-refractivity contribution is -0.124. The van der Waals surface area contributed by atoms with Gasteiger partial charge in [-0.2, -0.15) is 0 Å². The Morgan fingerprint density at radius 3 is 2.41 bits per heavy atom. The van der Waals surface area contributed by atoms with E-state index < -0.39 is 5.54 Å². The smallest absolute Gasteiger partial charge is 0.253 e. The molecule has 0 radical (unpaired) electrons. The largest absolute Gasteiger partial charge is 0.350 e. The predicted octanol–water partition coefficient (Wildman–Crippen LogP) is 2.12. The Hall–Kier alpha value is -2.17. The molecule has 22 heavy (non-hydrogen) atoms. The zero-order chi connectivity index (χ0) is 16.5. The first-order chi connectivity index (χ1) is 10.3. The Kier molecular flexibility index (Phi) is 4.35. The van der Waals surface area contributed by atoms with E-state index in [2.05, 4.69) is 15.6 Å². The van der Waals surface area contributed by atoms with Gasteiger partial charge in [-0.3, -0.25) is 14.6 Å². The van der Waals surface area contributed by atoms with Gasteiger partial charge in [-0.15, -0.1) is 0 Å². The lowest BCUT2D eigenvalue weighted by Crippen LogP contribution is -2.41. The Morgan fingerprint density at radius 2 is 1.86 bits per heavy atom. The van der Waals surface area contributed by atoms with Crippen LogP contribution >= 0.6 is 0 Å². The molecule has 2 rings (SSSR count). The molecule has 0 aromatic heterocycles. The van der Waals surface area contributed by atoms with Crippen LogP contribution in [-0.4, -0.2) is 29.2 Å². The maximum absolute atomic E-state index is 12.3. The number of carbonyl (C=O) groups is 2. The van der Waals surface area contributed by atoms with E-state index in [4.69, 9.17) is 0 Å². The highest BCUT2D eigenvalue weighted by atomic mass is 16.2. The van der Waals surface area contributed by atoms with E-state index >= 15 is 0 Å². The Bertz CT molecular complexity index is 635. The minimum absolute atomic E-state index is 0.0431. The minimum Gasteiger partial charge on any atom is -0.350 e. The van der Waals surface area contributed by atoms with Crippen LogP contribution in [0.25, 0.3) is 0 Å². The third kappa shape index (κ3) is 2.89. The van der Waals surface area contributed by atoms with E-state index in [0.29, 0.717) is 17.0 Å². The SMILES string of the molecule is CC(C)NC(=O)c1ccccc1C1=NC(C)(C(C)C)C(=O)N1. The molecule has 0 saturated heterocycles. The summed E-state index contributed by atoms with van der Waals surface area (Å²) in [6.07, 6.45) is 0. The number of amidine groups is 1. The molecule has 1 aromatic rings. The molecule has 118 valence electrons. The number of benzene rings is 1. The summed E-state index contributed by atoms with van der Waals surface area (Å²) in [7, 11) is 0. The normalized spacial score (nSPS) is 21.0. The summed E-state index contributed by atoms with van der Waals surface area (Å²) < 4.78 is 0. The summed E-state index contributed by atoms with van der Waals surface area (Å²) in [6.45, 7) is 9.56. The average molecular weight is 301 g/mol. The fourth-order valence-corrected chi connectivity index (χ4v) is 2.29. The van der Waals surface area contributed by atoms with Gasteiger partial charge in [0, 0.05) is 11.6 Å². The van der Waals surface area contributed by atoms with Crippen LogP contribution < -0.4 is 10.6 Å². The number of rotatable bonds is 4. The van der Waals surface area contributed by atoms with Gasteiger partial charge in [0.15, 0.2) is 0 Å². The molecule has 2 N–H and O–H groups in total. The van der Waals surface area contributed by atoms with Gasteiger partial charge in [-0.05, 0) is 32.8 Å². The van der Waals surface area contributed by atoms with Crippen LogP contribution in [0.5, 0.6) is 0 Å². The molecule has 1 aromatic carbocycles. The topological polar surface area (TPSA) is 70.6 Å². The van der Waals surface area contributed by atoms with Gasteiger partial charge < -0.3 is 10.6 Å². The molecule has 0 bridgehead atoms. The summed E-state index contributed by atoms with van der Waals surface area (Å²) in [6, 6.07) is 7.23. The van der Waals surface area contributed by atoms with Crippen LogP contribution in [0.15, 0.2) is 29.3 Å². The first-order valence-electron chi connectivity index (χ1n) is 7.57. The lowest BCUT2D eigenvalue weighted by atomic mass is 9.89. The number of nitrogens with zero attached hydrogens (tertiary/aromatic N) is 1. The molecule has 1 atom stereocenters. The van der Waals surface area contributed by atoms with E-state index in [-0.39, 0.29) is 23.8 Å². The molecule has 0 saturated carbocycles. The molecule has 1 aliphatic heterocycles. The molecule has 5 heteroatoms.